The van der Waals surface area contributed by atoms with Crippen LogP contribution in [0.15, 0.2) is 0 Å². The van der Waals surface area contributed by atoms with Gasteiger partial charge in [0.05, 0.1) is 0 Å². The monoisotopic (exact) mass is 227 g/mol. The van der Waals surface area contributed by atoms with Crippen molar-refractivity contribution in [3.8, 4) is 0 Å². The predicted octanol–water partition coefficient (Wildman–Crippen LogP) is -2.77. The van der Waals surface area contributed by atoms with E-state index in [1.807, 2.05) is 0 Å². The fourth-order valence-corrected chi connectivity index (χ4v) is 0. The molecule has 0 aromatic carbocycles. The first-order valence-corrected chi connectivity index (χ1v) is 0. The Morgan fingerprint density at radius 3 is 0.667 bits per heavy atom. The maximum atomic E-state index is 0. The SMILES string of the molecule is O.O.O.[Ce+3].[O-2].[OH-]. The summed E-state index contributed by atoms with van der Waals surface area (Å²) in [5.74, 6) is 0. The summed E-state index contributed by atoms with van der Waals surface area (Å²) in [6, 6.07) is 0. The normalized spacial score (nSPS) is 0. The molecule has 0 bridgehead atoms. The van der Waals surface area contributed by atoms with Crippen molar-refractivity contribution in [3.05, 3.63) is 0 Å². The molecule has 0 aliphatic heterocycles. The van der Waals surface area contributed by atoms with Gasteiger partial charge in [0.15, 0.2) is 0 Å². The molecule has 0 aromatic rings. The van der Waals surface area contributed by atoms with E-state index in [-0.39, 0.29) is 69.1 Å². The minimum absolute atomic E-state index is 0. The van der Waals surface area contributed by atoms with Crippen LogP contribution in [0.4, 0.5) is 0 Å². The van der Waals surface area contributed by atoms with Gasteiger partial charge in [-0.25, -0.2) is 0 Å². The van der Waals surface area contributed by atoms with Gasteiger partial charge in [0, 0.05) is 0 Å². The zero-order valence-corrected chi connectivity index (χ0v) is 6.00. The summed E-state index contributed by atoms with van der Waals surface area (Å²) < 4.78 is 0. The van der Waals surface area contributed by atoms with Gasteiger partial charge in [-0.05, 0) is 0 Å². The summed E-state index contributed by atoms with van der Waals surface area (Å²) in [7, 11) is 0. The van der Waals surface area contributed by atoms with E-state index in [9.17, 15) is 0 Å². The Morgan fingerprint density at radius 1 is 0.667 bits per heavy atom. The second-order valence-electron chi connectivity index (χ2n) is 0. The van der Waals surface area contributed by atoms with Crippen LogP contribution >= 0.6 is 0 Å². The molecule has 0 atom stereocenters. The zero-order valence-electron chi connectivity index (χ0n) is 2.86. The van der Waals surface area contributed by atoms with Crippen LogP contribution in [-0.2, 0) is 5.48 Å². The fourth-order valence-electron chi connectivity index (χ4n) is 0. The second kappa shape index (κ2) is 120. The molecule has 6 heteroatoms. The zero-order chi connectivity index (χ0) is 0. The molecule has 0 aliphatic carbocycles. The molecular weight excluding hydrogens is 220 g/mol. The molecule has 0 unspecified atom stereocenters. The van der Waals surface area contributed by atoms with E-state index >= 15 is 0 Å². The summed E-state index contributed by atoms with van der Waals surface area (Å²) in [6.45, 7) is 0. The van der Waals surface area contributed by atoms with E-state index in [2.05, 4.69) is 0 Å². The summed E-state index contributed by atoms with van der Waals surface area (Å²) in [5, 5.41) is 0. The standard InChI is InChI=1S/Ce.4H2O.O/h;4*1H2;/q+3;;;;;-2/p-1. The van der Waals surface area contributed by atoms with E-state index in [1.54, 1.807) is 0 Å². The predicted molar refractivity (Wildman–Crippen MR) is 13.5 cm³/mol. The van der Waals surface area contributed by atoms with Gasteiger partial charge in [0.25, 0.3) is 0 Å². The van der Waals surface area contributed by atoms with Crippen molar-refractivity contribution in [1.29, 1.82) is 0 Å². The van der Waals surface area contributed by atoms with Crippen LogP contribution in [-0.4, -0.2) is 21.9 Å². The average Bonchev–Trinajstić information content (AvgIpc) is 0. The van der Waals surface area contributed by atoms with Crippen LogP contribution < -0.4 is 0 Å². The first-order valence-electron chi connectivity index (χ1n) is 0. The average molecular weight is 227 g/mol. The minimum Gasteiger partial charge on any atom is -2.00 e. The Balaban J connectivity index is 0. The van der Waals surface area contributed by atoms with E-state index in [0.29, 0.717) is 0 Å². The molecule has 0 amide bonds. The van der Waals surface area contributed by atoms with Crippen molar-refractivity contribution < 1.29 is 69.1 Å². The molecule has 1 radical (unpaired) electrons. The van der Waals surface area contributed by atoms with Gasteiger partial charge in [0.1, 0.15) is 0 Å². The molecule has 0 saturated carbocycles. The van der Waals surface area contributed by atoms with Crippen molar-refractivity contribution in [2.24, 2.45) is 0 Å². The Labute approximate surface area is 68.7 Å². The maximum Gasteiger partial charge on any atom is 3.00 e. The second-order valence-corrected chi connectivity index (χ2v) is 0. The van der Waals surface area contributed by atoms with Gasteiger partial charge in [-0.15, -0.1) is 0 Å². The summed E-state index contributed by atoms with van der Waals surface area (Å²) in [4.78, 5) is 0. The third kappa shape index (κ3) is 65.2. The van der Waals surface area contributed by atoms with Crippen LogP contribution in [0, 0.1) is 41.7 Å². The van der Waals surface area contributed by atoms with E-state index in [1.165, 1.54) is 0 Å². The topological polar surface area (TPSA) is 153 Å². The minimum atomic E-state index is 0. The first kappa shape index (κ1) is 198. The molecule has 0 spiro atoms. The molecule has 0 aromatic heterocycles. The van der Waals surface area contributed by atoms with E-state index in [0.717, 1.165) is 0 Å². The summed E-state index contributed by atoms with van der Waals surface area (Å²) >= 11 is 0. The third-order valence-corrected chi connectivity index (χ3v) is 0. The first-order chi connectivity index (χ1) is 0. The van der Waals surface area contributed by atoms with Crippen LogP contribution in [0.3, 0.4) is 0 Å². The molecule has 41 valence electrons. The van der Waals surface area contributed by atoms with E-state index in [4.69, 9.17) is 0 Å². The Kier molecular flexibility index (Phi) is 3940. The van der Waals surface area contributed by atoms with Crippen LogP contribution in [0.2, 0.25) is 0 Å². The van der Waals surface area contributed by atoms with Crippen LogP contribution in [0.25, 0.3) is 0 Å². The van der Waals surface area contributed by atoms with Crippen molar-refractivity contribution in [3.63, 3.8) is 0 Å². The van der Waals surface area contributed by atoms with Crippen molar-refractivity contribution >= 4 is 0 Å². The molecule has 5 nitrogen and oxygen atoms in total. The molecule has 0 heterocycles. The molecule has 6 heavy (non-hydrogen) atoms. The Morgan fingerprint density at radius 2 is 0.667 bits per heavy atom. The quantitative estimate of drug-likeness (QED) is 0.432. The number of hydrogen-bond donors (Lipinski definition) is 0. The number of hydrogen-bond acceptors (Lipinski definition) is 1. The molecule has 0 saturated heterocycles. The summed E-state index contributed by atoms with van der Waals surface area (Å²) in [6.07, 6.45) is 0. The smallest absolute Gasteiger partial charge is 2.00 e. The van der Waals surface area contributed by atoms with Gasteiger partial charge < -0.3 is 27.4 Å². The van der Waals surface area contributed by atoms with Crippen LogP contribution in [0.1, 0.15) is 0 Å². The maximum absolute atomic E-state index is 0. The van der Waals surface area contributed by atoms with Crippen LogP contribution in [0.5, 0.6) is 0 Å². The van der Waals surface area contributed by atoms with Gasteiger partial charge >= 0.3 is 41.7 Å². The number of rotatable bonds is 0. The molecule has 0 rings (SSSR count). The molecule has 7 N–H and O–H groups in total. The Bertz CT molecular complexity index is 3.90. The molecule has 0 fully saturated rings. The van der Waals surface area contributed by atoms with Gasteiger partial charge in [0.2, 0.25) is 0 Å². The summed E-state index contributed by atoms with van der Waals surface area (Å²) in [5.41, 5.74) is 0. The third-order valence-electron chi connectivity index (χ3n) is 0. The largest absolute Gasteiger partial charge is 3.00 e. The fraction of sp³-hybridized carbons (Fsp3) is 0. The molecular formula is H7CeO5. The van der Waals surface area contributed by atoms with Gasteiger partial charge in [-0.1, -0.05) is 0 Å². The molecule has 0 aliphatic rings. The van der Waals surface area contributed by atoms with E-state index < -0.39 is 0 Å². The van der Waals surface area contributed by atoms with Crippen molar-refractivity contribution in [1.82, 2.24) is 0 Å². The van der Waals surface area contributed by atoms with Gasteiger partial charge in [-0.3, -0.25) is 0 Å². The van der Waals surface area contributed by atoms with Gasteiger partial charge in [-0.2, -0.15) is 0 Å². The van der Waals surface area contributed by atoms with Crippen molar-refractivity contribution in [2.75, 3.05) is 0 Å². The van der Waals surface area contributed by atoms with Crippen molar-refractivity contribution in [2.45, 2.75) is 0 Å². The Hall–Kier alpha value is 1.18.